The van der Waals surface area contributed by atoms with Gasteiger partial charge in [-0.15, -0.1) is 0 Å². The second-order valence-corrected chi connectivity index (χ2v) is 5.71. The maximum Gasteiger partial charge on any atom is 0.256 e. The molecule has 1 aromatic carbocycles. The number of carbonyl (C=O) groups is 1. The summed E-state index contributed by atoms with van der Waals surface area (Å²) in [5, 5.41) is 4.90. The Kier molecular flexibility index (Phi) is 6.88. The number of hydrogen-bond acceptors (Lipinski definition) is 4. The lowest BCUT2D eigenvalue weighted by atomic mass is 10.1. The van der Waals surface area contributed by atoms with Crippen LogP contribution in [0.15, 0.2) is 41.4 Å². The van der Waals surface area contributed by atoms with Crippen LogP contribution >= 0.6 is 11.8 Å². The van der Waals surface area contributed by atoms with E-state index in [1.165, 1.54) is 18.0 Å². The van der Waals surface area contributed by atoms with Crippen molar-refractivity contribution in [2.45, 2.75) is 33.3 Å². The van der Waals surface area contributed by atoms with Gasteiger partial charge in [-0.2, -0.15) is 0 Å². The number of benzene rings is 1. The molecule has 0 heterocycles. The van der Waals surface area contributed by atoms with E-state index in [2.05, 4.69) is 11.9 Å². The van der Waals surface area contributed by atoms with E-state index in [9.17, 15) is 4.79 Å². The van der Waals surface area contributed by atoms with Crippen LogP contribution in [0.25, 0.3) is 0 Å². The number of rotatable bonds is 7. The Bertz CT molecular complexity index is 539. The fourth-order valence-corrected chi connectivity index (χ4v) is 2.08. The summed E-state index contributed by atoms with van der Waals surface area (Å²) in [7, 11) is 0. The van der Waals surface area contributed by atoms with Crippen LogP contribution in [0.4, 0.5) is 0 Å². The fraction of sp³-hybridized carbons (Fsp3) is 0.312. The number of carbonyl (C=O) groups excluding carboxylic acids is 1. The van der Waals surface area contributed by atoms with Crippen molar-refractivity contribution in [1.29, 1.82) is 0 Å². The molecule has 0 atom stereocenters. The van der Waals surface area contributed by atoms with E-state index in [1.807, 2.05) is 32.9 Å². The topological polar surface area (TPSA) is 64.3 Å². The van der Waals surface area contributed by atoms with Gasteiger partial charge in [0.2, 0.25) is 0 Å². The third kappa shape index (κ3) is 5.95. The number of nitrogens with one attached hydrogen (secondary N) is 1. The molecule has 114 valence electrons. The number of nitrogens with two attached hydrogens (primary N) is 1. The van der Waals surface area contributed by atoms with Gasteiger partial charge in [0.15, 0.2) is 0 Å². The van der Waals surface area contributed by atoms with Crippen molar-refractivity contribution in [2.24, 2.45) is 5.73 Å². The van der Waals surface area contributed by atoms with Crippen LogP contribution in [-0.2, 0) is 6.42 Å². The molecule has 1 rings (SSSR count). The first-order valence-electron chi connectivity index (χ1n) is 6.80. The van der Waals surface area contributed by atoms with Crippen LogP contribution in [0.2, 0.25) is 0 Å². The summed E-state index contributed by atoms with van der Waals surface area (Å²) >= 11 is 1.26. The molecular formula is C16H22N2O2S. The molecule has 0 aliphatic carbocycles. The molecule has 5 heteroatoms. The van der Waals surface area contributed by atoms with Gasteiger partial charge in [-0.25, -0.2) is 0 Å². The van der Waals surface area contributed by atoms with E-state index in [4.69, 9.17) is 10.5 Å². The Labute approximate surface area is 130 Å². The van der Waals surface area contributed by atoms with Gasteiger partial charge in [0.05, 0.1) is 11.1 Å². The van der Waals surface area contributed by atoms with Gasteiger partial charge in [0.25, 0.3) is 5.91 Å². The zero-order valence-electron chi connectivity index (χ0n) is 12.7. The molecule has 0 aromatic heterocycles. The summed E-state index contributed by atoms with van der Waals surface area (Å²) in [6.45, 7) is 9.71. The number of amides is 1. The minimum absolute atomic E-state index is 0.0632. The van der Waals surface area contributed by atoms with Crippen molar-refractivity contribution in [1.82, 2.24) is 5.32 Å². The smallest absolute Gasteiger partial charge is 0.256 e. The van der Waals surface area contributed by atoms with Crippen molar-refractivity contribution in [3.63, 3.8) is 0 Å². The molecule has 1 amide bonds. The molecule has 0 saturated heterocycles. The Balaban J connectivity index is 2.89. The zero-order chi connectivity index (χ0) is 15.8. The monoisotopic (exact) mass is 306 g/mol. The maximum absolute atomic E-state index is 12.2. The maximum atomic E-state index is 12.2. The molecule has 21 heavy (non-hydrogen) atoms. The Hall–Kier alpha value is -1.88. The van der Waals surface area contributed by atoms with Crippen molar-refractivity contribution >= 4 is 17.7 Å². The predicted octanol–water partition coefficient (Wildman–Crippen LogP) is 3.40. The third-order valence-corrected chi connectivity index (χ3v) is 3.23. The molecule has 0 unspecified atom stereocenters. The summed E-state index contributed by atoms with van der Waals surface area (Å²) < 4.78 is 5.68. The first-order valence-corrected chi connectivity index (χ1v) is 7.68. The summed E-state index contributed by atoms with van der Waals surface area (Å²) in [6, 6.07) is 5.56. The second-order valence-electron chi connectivity index (χ2n) is 4.71. The molecule has 0 fully saturated rings. The molecule has 0 radical (unpaired) electrons. The van der Waals surface area contributed by atoms with E-state index in [1.54, 1.807) is 11.5 Å². The first-order chi connectivity index (χ1) is 9.96. The predicted molar refractivity (Wildman–Crippen MR) is 89.1 cm³/mol. The highest BCUT2D eigenvalue weighted by atomic mass is 32.2. The van der Waals surface area contributed by atoms with Crippen LogP contribution in [0.3, 0.4) is 0 Å². The van der Waals surface area contributed by atoms with E-state index in [0.717, 1.165) is 12.0 Å². The van der Waals surface area contributed by atoms with Gasteiger partial charge in [-0.1, -0.05) is 25.3 Å². The fourth-order valence-electron chi connectivity index (χ4n) is 1.69. The molecule has 0 aliphatic rings. The number of ether oxygens (including phenoxy) is 1. The molecular weight excluding hydrogens is 284 g/mol. The van der Waals surface area contributed by atoms with Gasteiger partial charge in [0.1, 0.15) is 5.75 Å². The Morgan fingerprint density at radius 2 is 2.19 bits per heavy atom. The standard InChI is InChI=1S/C16H22N2O2S/c1-5-13-8-14(10-15(9-13)20-11(2)3)16(19)18-12(4)21-7-6-17/h6-11H,4-5,17H2,1-3H3,(H,18,19)/b7-6-. The van der Waals surface area contributed by atoms with Crippen molar-refractivity contribution in [2.75, 3.05) is 0 Å². The van der Waals surface area contributed by atoms with Gasteiger partial charge < -0.3 is 15.8 Å². The Morgan fingerprint density at radius 3 is 2.76 bits per heavy atom. The molecule has 3 N–H and O–H groups in total. The molecule has 0 aliphatic heterocycles. The SMILES string of the molecule is C=C(NC(=O)c1cc(CC)cc(OC(C)C)c1)S/C=C\N. The summed E-state index contributed by atoms with van der Waals surface area (Å²) in [5.41, 5.74) is 6.86. The Morgan fingerprint density at radius 1 is 1.48 bits per heavy atom. The minimum atomic E-state index is -0.207. The highest BCUT2D eigenvalue weighted by Crippen LogP contribution is 2.20. The van der Waals surface area contributed by atoms with Crippen LogP contribution < -0.4 is 15.8 Å². The van der Waals surface area contributed by atoms with E-state index >= 15 is 0 Å². The van der Waals surface area contributed by atoms with Gasteiger partial charge >= 0.3 is 0 Å². The van der Waals surface area contributed by atoms with Crippen molar-refractivity contribution in [3.05, 3.63) is 52.5 Å². The first kappa shape index (κ1) is 17.2. The number of aryl methyl sites for hydroxylation is 1. The van der Waals surface area contributed by atoms with E-state index < -0.39 is 0 Å². The number of hydrogen-bond donors (Lipinski definition) is 2. The number of thioether (sulfide) groups is 1. The molecule has 0 bridgehead atoms. The molecule has 1 aromatic rings. The summed E-state index contributed by atoms with van der Waals surface area (Å²) in [6.07, 6.45) is 2.29. The van der Waals surface area contributed by atoms with E-state index in [0.29, 0.717) is 16.3 Å². The van der Waals surface area contributed by atoms with Gasteiger partial charge in [-0.05, 0) is 49.4 Å². The van der Waals surface area contributed by atoms with E-state index in [-0.39, 0.29) is 12.0 Å². The third-order valence-electron chi connectivity index (χ3n) is 2.55. The lowest BCUT2D eigenvalue weighted by molar-refractivity contribution is 0.0968. The van der Waals surface area contributed by atoms with Crippen LogP contribution in [0.1, 0.15) is 36.7 Å². The normalized spacial score (nSPS) is 10.9. The second kappa shape index (κ2) is 8.42. The lowest BCUT2D eigenvalue weighted by Crippen LogP contribution is -2.21. The molecule has 4 nitrogen and oxygen atoms in total. The van der Waals surface area contributed by atoms with Crippen molar-refractivity contribution in [3.8, 4) is 5.75 Å². The van der Waals surface area contributed by atoms with Crippen LogP contribution in [-0.4, -0.2) is 12.0 Å². The summed E-state index contributed by atoms with van der Waals surface area (Å²) in [4.78, 5) is 12.2. The largest absolute Gasteiger partial charge is 0.491 e. The highest BCUT2D eigenvalue weighted by Gasteiger charge is 2.10. The van der Waals surface area contributed by atoms with Gasteiger partial charge in [-0.3, -0.25) is 4.79 Å². The lowest BCUT2D eigenvalue weighted by Gasteiger charge is -2.13. The van der Waals surface area contributed by atoms with Crippen molar-refractivity contribution < 1.29 is 9.53 Å². The minimum Gasteiger partial charge on any atom is -0.491 e. The van der Waals surface area contributed by atoms with Crippen LogP contribution in [0.5, 0.6) is 5.75 Å². The molecule has 0 spiro atoms. The summed E-state index contributed by atoms with van der Waals surface area (Å²) in [5.74, 6) is 0.497. The average Bonchev–Trinajstić information content (AvgIpc) is 2.43. The van der Waals surface area contributed by atoms with Crippen LogP contribution in [0, 0.1) is 0 Å². The zero-order valence-corrected chi connectivity index (χ0v) is 13.5. The highest BCUT2D eigenvalue weighted by molar-refractivity contribution is 8.05. The van der Waals surface area contributed by atoms with Gasteiger partial charge in [0, 0.05) is 11.8 Å². The quantitative estimate of drug-likeness (QED) is 0.810. The molecule has 0 saturated carbocycles. The average molecular weight is 306 g/mol.